The molecule has 2 unspecified atom stereocenters. The zero-order chi connectivity index (χ0) is 15.8. The van der Waals surface area contributed by atoms with Crippen molar-refractivity contribution in [2.45, 2.75) is 51.1 Å². The highest BCUT2D eigenvalue weighted by atomic mass is 35.7. The van der Waals surface area contributed by atoms with Gasteiger partial charge in [0.25, 0.3) is 15.0 Å². The van der Waals surface area contributed by atoms with Gasteiger partial charge in [0.2, 0.25) is 0 Å². The fraction of sp³-hybridized carbons (Fsp3) is 0.643. The van der Waals surface area contributed by atoms with Crippen LogP contribution in [0.4, 0.5) is 0 Å². The van der Waals surface area contributed by atoms with Crippen LogP contribution in [0.1, 0.15) is 44.1 Å². The molecule has 0 N–H and O–H groups in total. The van der Waals surface area contributed by atoms with Crippen LogP contribution in [0.5, 0.6) is 0 Å². The largest absolute Gasteiger partial charge is 0.342 e. The molecule has 0 radical (unpaired) electrons. The summed E-state index contributed by atoms with van der Waals surface area (Å²) in [5.74, 6) is 0.349. The van der Waals surface area contributed by atoms with Crippen LogP contribution in [0.25, 0.3) is 0 Å². The minimum absolute atomic E-state index is 0.0131. The predicted octanol–water partition coefficient (Wildman–Crippen LogP) is 2.70. The van der Waals surface area contributed by atoms with E-state index in [9.17, 15) is 13.2 Å². The number of hydrogen-bond acceptors (Lipinski definition) is 3. The molecule has 1 aromatic heterocycles. The van der Waals surface area contributed by atoms with E-state index in [1.54, 1.807) is 4.57 Å². The van der Waals surface area contributed by atoms with Crippen LogP contribution in [0.3, 0.4) is 0 Å². The van der Waals surface area contributed by atoms with Gasteiger partial charge >= 0.3 is 0 Å². The van der Waals surface area contributed by atoms with Crippen LogP contribution >= 0.6 is 10.7 Å². The number of amides is 1. The molecule has 0 aromatic carbocycles. The first-order valence-electron chi connectivity index (χ1n) is 7.19. The molecule has 1 aliphatic rings. The Labute approximate surface area is 130 Å². The number of rotatable bonds is 4. The number of carbonyl (C=O) groups excluding carboxylic acids is 1. The number of carbonyl (C=O) groups is 1. The first-order valence-corrected chi connectivity index (χ1v) is 9.50. The summed E-state index contributed by atoms with van der Waals surface area (Å²) in [5.41, 5.74) is 0.400. The molecule has 118 valence electrons. The number of hydrogen-bond donors (Lipinski definition) is 0. The van der Waals surface area contributed by atoms with Gasteiger partial charge in [-0.05, 0) is 31.7 Å². The molecular formula is C14H21ClN2O3S. The number of likely N-dealkylation sites (tertiary alicyclic amines) is 1. The van der Waals surface area contributed by atoms with E-state index in [1.165, 1.54) is 12.3 Å². The Bertz CT molecular complexity index is 639. The Balaban J connectivity index is 2.38. The lowest BCUT2D eigenvalue weighted by Crippen LogP contribution is -2.35. The highest BCUT2D eigenvalue weighted by molar-refractivity contribution is 8.13. The second-order valence-corrected chi connectivity index (χ2v) is 8.41. The molecule has 0 spiro atoms. The van der Waals surface area contributed by atoms with E-state index in [2.05, 4.69) is 6.92 Å². The van der Waals surface area contributed by atoms with E-state index in [1.807, 2.05) is 18.7 Å². The van der Waals surface area contributed by atoms with Crippen molar-refractivity contribution in [3.8, 4) is 0 Å². The molecular weight excluding hydrogens is 312 g/mol. The van der Waals surface area contributed by atoms with E-state index in [0.29, 0.717) is 24.7 Å². The van der Waals surface area contributed by atoms with E-state index >= 15 is 0 Å². The lowest BCUT2D eigenvalue weighted by Gasteiger charge is -2.22. The van der Waals surface area contributed by atoms with Crippen LogP contribution in [0, 0.1) is 5.92 Å². The summed E-state index contributed by atoms with van der Waals surface area (Å²) in [6.07, 6.45) is 3.23. The molecule has 0 bridgehead atoms. The van der Waals surface area contributed by atoms with Crippen molar-refractivity contribution in [1.82, 2.24) is 9.47 Å². The van der Waals surface area contributed by atoms with Crippen LogP contribution in [-0.2, 0) is 15.6 Å². The highest BCUT2D eigenvalue weighted by Gasteiger charge is 2.32. The van der Waals surface area contributed by atoms with E-state index in [-0.39, 0.29) is 16.8 Å². The number of aromatic nitrogens is 1. The van der Waals surface area contributed by atoms with E-state index in [4.69, 9.17) is 10.7 Å². The summed E-state index contributed by atoms with van der Waals surface area (Å²) >= 11 is 0. The Morgan fingerprint density at radius 3 is 2.57 bits per heavy atom. The topological polar surface area (TPSA) is 59.4 Å². The molecule has 1 aromatic rings. The fourth-order valence-corrected chi connectivity index (χ4v) is 3.71. The molecule has 7 heteroatoms. The quantitative estimate of drug-likeness (QED) is 0.796. The molecule has 21 heavy (non-hydrogen) atoms. The van der Waals surface area contributed by atoms with Crippen molar-refractivity contribution >= 4 is 25.6 Å². The van der Waals surface area contributed by atoms with Gasteiger partial charge in [0.1, 0.15) is 10.6 Å². The second-order valence-electron chi connectivity index (χ2n) is 5.84. The molecule has 2 heterocycles. The van der Waals surface area contributed by atoms with Gasteiger partial charge < -0.3 is 9.47 Å². The molecule has 1 fully saturated rings. The third-order valence-corrected chi connectivity index (χ3v) is 5.20. The first kappa shape index (κ1) is 16.4. The van der Waals surface area contributed by atoms with Crippen LogP contribution in [-0.4, -0.2) is 36.4 Å². The van der Waals surface area contributed by atoms with Crippen molar-refractivity contribution in [3.05, 3.63) is 18.0 Å². The number of nitrogens with zero attached hydrogens (tertiary/aromatic N) is 2. The molecule has 1 saturated heterocycles. The van der Waals surface area contributed by atoms with Gasteiger partial charge in [0, 0.05) is 36.0 Å². The standard InChI is InChI=1S/C14H21ClN2O3S/c1-4-5-16-9-12(21(15,19)20)7-13(16)14(18)17-8-10(2)6-11(17)3/h7,9-11H,4-6,8H2,1-3H3. The van der Waals surface area contributed by atoms with Gasteiger partial charge in [-0.2, -0.15) is 0 Å². The highest BCUT2D eigenvalue weighted by Crippen LogP contribution is 2.26. The van der Waals surface area contributed by atoms with Gasteiger partial charge in [-0.3, -0.25) is 4.79 Å². The van der Waals surface area contributed by atoms with Crippen LogP contribution in [0.15, 0.2) is 17.2 Å². The van der Waals surface area contributed by atoms with E-state index in [0.717, 1.165) is 12.8 Å². The zero-order valence-corrected chi connectivity index (χ0v) is 14.1. The first-order chi connectivity index (χ1) is 9.74. The molecule has 0 aliphatic carbocycles. The lowest BCUT2D eigenvalue weighted by atomic mass is 10.1. The third-order valence-electron chi connectivity index (χ3n) is 3.88. The summed E-state index contributed by atoms with van der Waals surface area (Å²) in [4.78, 5) is 14.5. The molecule has 1 amide bonds. The molecule has 2 rings (SSSR count). The average Bonchev–Trinajstić information content (AvgIpc) is 2.92. The Morgan fingerprint density at radius 2 is 2.10 bits per heavy atom. The average molecular weight is 333 g/mol. The molecule has 0 saturated carbocycles. The maximum Gasteiger partial charge on any atom is 0.270 e. The van der Waals surface area contributed by atoms with Crippen LogP contribution < -0.4 is 0 Å². The van der Waals surface area contributed by atoms with Crippen molar-refractivity contribution in [2.75, 3.05) is 6.54 Å². The number of aryl methyl sites for hydroxylation is 1. The smallest absolute Gasteiger partial charge is 0.270 e. The Hall–Kier alpha value is -1.01. The Kier molecular flexibility index (Phi) is 4.68. The summed E-state index contributed by atoms with van der Waals surface area (Å²) in [6, 6.07) is 1.56. The minimum atomic E-state index is -3.82. The second kappa shape index (κ2) is 6.01. The summed E-state index contributed by atoms with van der Waals surface area (Å²) in [6.45, 7) is 7.41. The van der Waals surface area contributed by atoms with Gasteiger partial charge in [-0.1, -0.05) is 13.8 Å². The van der Waals surface area contributed by atoms with Crippen molar-refractivity contribution in [2.24, 2.45) is 5.92 Å². The summed E-state index contributed by atoms with van der Waals surface area (Å²) in [7, 11) is 1.57. The molecule has 2 atom stereocenters. The van der Waals surface area contributed by atoms with Gasteiger partial charge in [-0.25, -0.2) is 8.42 Å². The monoisotopic (exact) mass is 332 g/mol. The van der Waals surface area contributed by atoms with Crippen molar-refractivity contribution in [3.63, 3.8) is 0 Å². The minimum Gasteiger partial charge on any atom is -0.342 e. The molecule has 5 nitrogen and oxygen atoms in total. The maximum atomic E-state index is 12.7. The van der Waals surface area contributed by atoms with E-state index < -0.39 is 9.05 Å². The normalized spacial score (nSPS) is 22.8. The van der Waals surface area contributed by atoms with Crippen LogP contribution in [0.2, 0.25) is 0 Å². The van der Waals surface area contributed by atoms with Crippen molar-refractivity contribution in [1.29, 1.82) is 0 Å². The number of halogens is 1. The maximum absolute atomic E-state index is 12.7. The van der Waals surface area contributed by atoms with Crippen molar-refractivity contribution < 1.29 is 13.2 Å². The molecule has 1 aliphatic heterocycles. The third kappa shape index (κ3) is 3.43. The SMILES string of the molecule is CCCn1cc(S(=O)(=O)Cl)cc1C(=O)N1CC(C)CC1C. The fourth-order valence-electron chi connectivity index (χ4n) is 2.95. The summed E-state index contributed by atoms with van der Waals surface area (Å²) < 4.78 is 24.7. The van der Waals surface area contributed by atoms with Gasteiger partial charge in [-0.15, -0.1) is 0 Å². The predicted molar refractivity (Wildman–Crippen MR) is 82.0 cm³/mol. The Morgan fingerprint density at radius 1 is 1.43 bits per heavy atom. The zero-order valence-electron chi connectivity index (χ0n) is 12.5. The van der Waals surface area contributed by atoms with Gasteiger partial charge in [0.05, 0.1) is 0 Å². The lowest BCUT2D eigenvalue weighted by molar-refractivity contribution is 0.0732. The summed E-state index contributed by atoms with van der Waals surface area (Å²) in [5, 5.41) is 0. The van der Waals surface area contributed by atoms with Gasteiger partial charge in [0.15, 0.2) is 0 Å².